The van der Waals surface area contributed by atoms with E-state index in [1.165, 1.54) is 5.56 Å². The Labute approximate surface area is 148 Å². The van der Waals surface area contributed by atoms with Crippen molar-refractivity contribution in [2.75, 3.05) is 13.1 Å². The maximum Gasteiger partial charge on any atom is 0.235 e. The molecule has 0 unspecified atom stereocenters. The first-order valence-electron chi connectivity index (χ1n) is 8.84. The Bertz CT molecular complexity index is 614. The van der Waals surface area contributed by atoms with E-state index in [2.05, 4.69) is 16.3 Å². The quantitative estimate of drug-likeness (QED) is 0.844. The molecule has 4 nitrogen and oxygen atoms in total. The Morgan fingerprint density at radius 2 is 1.92 bits per heavy atom. The zero-order valence-corrected chi connectivity index (χ0v) is 14.7. The SMILES string of the molecule is N#CC1(NC(=O)CN2CC[C@@H]2c2ccc(Cl)cc2)CCCCCC1. The van der Waals surface area contributed by atoms with Gasteiger partial charge in [-0.05, 0) is 37.0 Å². The first kappa shape index (κ1) is 17.3. The second-order valence-electron chi connectivity index (χ2n) is 6.98. The van der Waals surface area contributed by atoms with E-state index in [0.717, 1.165) is 56.5 Å². The standard InChI is InChI=1S/C19H24ClN3O/c20-16-7-5-15(6-8-16)17-9-12-23(17)13-18(24)22-19(14-21)10-3-1-2-4-11-19/h5-8,17H,1-4,9-13H2,(H,22,24)/t17-/m1/s1. The molecule has 0 spiro atoms. The van der Waals surface area contributed by atoms with Gasteiger partial charge in [0.05, 0.1) is 12.6 Å². The Hall–Kier alpha value is -1.57. The van der Waals surface area contributed by atoms with Gasteiger partial charge in [0.25, 0.3) is 0 Å². The van der Waals surface area contributed by atoms with Crippen molar-refractivity contribution in [3.8, 4) is 6.07 Å². The number of hydrogen-bond acceptors (Lipinski definition) is 3. The van der Waals surface area contributed by atoms with E-state index in [4.69, 9.17) is 11.6 Å². The third kappa shape index (κ3) is 3.91. The number of hydrogen-bond donors (Lipinski definition) is 1. The predicted molar refractivity (Wildman–Crippen MR) is 94.6 cm³/mol. The first-order chi connectivity index (χ1) is 11.6. The van der Waals surface area contributed by atoms with E-state index < -0.39 is 5.54 Å². The zero-order valence-electron chi connectivity index (χ0n) is 13.9. The Kier molecular flexibility index (Phi) is 5.43. The summed E-state index contributed by atoms with van der Waals surface area (Å²) >= 11 is 5.94. The Balaban J connectivity index is 1.58. The highest BCUT2D eigenvalue weighted by Crippen LogP contribution is 2.33. The number of halogens is 1. The van der Waals surface area contributed by atoms with E-state index >= 15 is 0 Å². The summed E-state index contributed by atoms with van der Waals surface area (Å²) < 4.78 is 0. The van der Waals surface area contributed by atoms with Gasteiger partial charge in [0.15, 0.2) is 0 Å². The smallest absolute Gasteiger partial charge is 0.235 e. The molecular weight excluding hydrogens is 322 g/mol. The van der Waals surface area contributed by atoms with Crippen LogP contribution in [-0.2, 0) is 4.79 Å². The molecule has 1 amide bonds. The number of carbonyl (C=O) groups is 1. The molecule has 5 heteroatoms. The molecule has 1 aliphatic heterocycles. The summed E-state index contributed by atoms with van der Waals surface area (Å²) in [5, 5.41) is 13.4. The highest BCUT2D eigenvalue weighted by Gasteiger charge is 2.35. The van der Waals surface area contributed by atoms with E-state index in [1.54, 1.807) is 0 Å². The molecule has 3 rings (SSSR count). The summed E-state index contributed by atoms with van der Waals surface area (Å²) in [5.74, 6) is -0.0305. The maximum atomic E-state index is 12.5. The fourth-order valence-corrected chi connectivity index (χ4v) is 3.91. The Morgan fingerprint density at radius 3 is 2.46 bits per heavy atom. The number of nitrogens with one attached hydrogen (secondary N) is 1. The summed E-state index contributed by atoms with van der Waals surface area (Å²) in [6.45, 7) is 1.27. The number of nitriles is 1. The van der Waals surface area contributed by atoms with E-state index in [1.807, 2.05) is 24.3 Å². The average Bonchev–Trinajstić information content (AvgIpc) is 2.80. The summed E-state index contributed by atoms with van der Waals surface area (Å²) in [4.78, 5) is 14.7. The number of likely N-dealkylation sites (tertiary alicyclic amines) is 1. The van der Waals surface area contributed by atoms with E-state index in [9.17, 15) is 10.1 Å². The lowest BCUT2D eigenvalue weighted by Crippen LogP contribution is -2.53. The molecule has 2 fully saturated rings. The molecule has 0 aromatic heterocycles. The van der Waals surface area contributed by atoms with Crippen LogP contribution in [-0.4, -0.2) is 29.4 Å². The van der Waals surface area contributed by atoms with E-state index in [0.29, 0.717) is 6.54 Å². The minimum Gasteiger partial charge on any atom is -0.337 e. The van der Waals surface area contributed by atoms with Crippen LogP contribution < -0.4 is 5.32 Å². The van der Waals surface area contributed by atoms with Crippen molar-refractivity contribution in [2.24, 2.45) is 0 Å². The second-order valence-corrected chi connectivity index (χ2v) is 7.42. The Morgan fingerprint density at radius 1 is 1.25 bits per heavy atom. The van der Waals surface area contributed by atoms with Gasteiger partial charge in [-0.15, -0.1) is 0 Å². The highest BCUT2D eigenvalue weighted by atomic mass is 35.5. The highest BCUT2D eigenvalue weighted by molar-refractivity contribution is 6.30. The van der Waals surface area contributed by atoms with Gasteiger partial charge in [0, 0.05) is 17.6 Å². The summed E-state index contributed by atoms with van der Waals surface area (Å²) in [6.07, 6.45) is 6.95. The fourth-order valence-electron chi connectivity index (χ4n) is 3.78. The van der Waals surface area contributed by atoms with Gasteiger partial charge in [-0.25, -0.2) is 0 Å². The monoisotopic (exact) mass is 345 g/mol. The van der Waals surface area contributed by atoms with Gasteiger partial charge in [-0.3, -0.25) is 9.69 Å². The number of nitrogens with zero attached hydrogens (tertiary/aromatic N) is 2. The van der Waals surface area contributed by atoms with Gasteiger partial charge < -0.3 is 5.32 Å². The van der Waals surface area contributed by atoms with Crippen molar-refractivity contribution >= 4 is 17.5 Å². The lowest BCUT2D eigenvalue weighted by Gasteiger charge is -2.41. The van der Waals surface area contributed by atoms with Gasteiger partial charge in [0.2, 0.25) is 5.91 Å². The third-order valence-corrected chi connectivity index (χ3v) is 5.53. The molecule has 1 saturated carbocycles. The molecule has 1 aliphatic carbocycles. The minimum atomic E-state index is -0.659. The van der Waals surface area contributed by atoms with Gasteiger partial charge in [-0.1, -0.05) is 49.4 Å². The van der Waals surface area contributed by atoms with Crippen LogP contribution in [0.4, 0.5) is 0 Å². The number of benzene rings is 1. The van der Waals surface area contributed by atoms with Crippen molar-refractivity contribution in [2.45, 2.75) is 56.5 Å². The van der Waals surface area contributed by atoms with Crippen LogP contribution in [0.3, 0.4) is 0 Å². The van der Waals surface area contributed by atoms with Crippen molar-refractivity contribution in [3.63, 3.8) is 0 Å². The largest absolute Gasteiger partial charge is 0.337 e. The maximum absolute atomic E-state index is 12.5. The van der Waals surface area contributed by atoms with Crippen LogP contribution in [0, 0.1) is 11.3 Å². The van der Waals surface area contributed by atoms with Crippen LogP contribution in [0.15, 0.2) is 24.3 Å². The van der Waals surface area contributed by atoms with Gasteiger partial charge in [-0.2, -0.15) is 5.26 Å². The van der Waals surface area contributed by atoms with Crippen LogP contribution >= 0.6 is 11.6 Å². The normalized spacial score (nSPS) is 23.6. The lowest BCUT2D eigenvalue weighted by molar-refractivity contribution is -0.125. The molecule has 1 aromatic carbocycles. The molecular formula is C19H24ClN3O. The molecule has 128 valence electrons. The lowest BCUT2D eigenvalue weighted by atomic mass is 9.91. The predicted octanol–water partition coefficient (Wildman–Crippen LogP) is 3.82. The van der Waals surface area contributed by atoms with Crippen molar-refractivity contribution in [3.05, 3.63) is 34.9 Å². The number of rotatable bonds is 4. The number of amides is 1. The molecule has 1 saturated heterocycles. The summed E-state index contributed by atoms with van der Waals surface area (Å²) in [6, 6.07) is 10.5. The van der Waals surface area contributed by atoms with Crippen molar-refractivity contribution < 1.29 is 4.79 Å². The number of carbonyl (C=O) groups excluding carboxylic acids is 1. The molecule has 1 N–H and O–H groups in total. The van der Waals surface area contributed by atoms with Gasteiger partial charge in [0.1, 0.15) is 5.54 Å². The first-order valence-corrected chi connectivity index (χ1v) is 9.21. The third-order valence-electron chi connectivity index (χ3n) is 5.28. The zero-order chi connectivity index (χ0) is 17.0. The minimum absolute atomic E-state index is 0.0305. The topological polar surface area (TPSA) is 56.1 Å². The molecule has 0 radical (unpaired) electrons. The van der Waals surface area contributed by atoms with Gasteiger partial charge >= 0.3 is 0 Å². The summed E-state index contributed by atoms with van der Waals surface area (Å²) in [7, 11) is 0. The second kappa shape index (κ2) is 7.55. The van der Waals surface area contributed by atoms with Crippen LogP contribution in [0.25, 0.3) is 0 Å². The molecule has 1 atom stereocenters. The van der Waals surface area contributed by atoms with E-state index in [-0.39, 0.29) is 11.9 Å². The fraction of sp³-hybridized carbons (Fsp3) is 0.579. The molecule has 1 heterocycles. The average molecular weight is 346 g/mol. The van der Waals surface area contributed by atoms with Crippen molar-refractivity contribution in [1.29, 1.82) is 5.26 Å². The molecule has 24 heavy (non-hydrogen) atoms. The van der Waals surface area contributed by atoms with Crippen LogP contribution in [0.2, 0.25) is 5.02 Å². The van der Waals surface area contributed by atoms with Crippen LogP contribution in [0.1, 0.15) is 56.6 Å². The molecule has 0 bridgehead atoms. The molecule has 1 aromatic rings. The van der Waals surface area contributed by atoms with Crippen LogP contribution in [0.5, 0.6) is 0 Å². The molecule has 2 aliphatic rings. The summed E-state index contributed by atoms with van der Waals surface area (Å²) in [5.41, 5.74) is 0.539. The van der Waals surface area contributed by atoms with Crippen molar-refractivity contribution in [1.82, 2.24) is 10.2 Å².